The number of halogens is 1. The molecule has 2 aromatic rings. The van der Waals surface area contributed by atoms with Gasteiger partial charge < -0.3 is 4.90 Å². The second-order valence-corrected chi connectivity index (χ2v) is 8.40. The van der Waals surface area contributed by atoms with Gasteiger partial charge in [0.15, 0.2) is 0 Å². The second kappa shape index (κ2) is 7.70. The molecule has 0 radical (unpaired) electrons. The molecule has 142 valence electrons. The molecular formula is C19H20ClN3O3S. The second-order valence-electron chi connectivity index (χ2n) is 6.31. The van der Waals surface area contributed by atoms with Gasteiger partial charge >= 0.3 is 0 Å². The molecule has 8 heteroatoms. The highest BCUT2D eigenvalue weighted by atomic mass is 35.5. The molecule has 0 aliphatic carbocycles. The Kier molecular flexibility index (Phi) is 5.53. The van der Waals surface area contributed by atoms with Crippen LogP contribution in [0.25, 0.3) is 0 Å². The molecule has 27 heavy (non-hydrogen) atoms. The number of nitrogens with one attached hydrogen (secondary N) is 1. The highest BCUT2D eigenvalue weighted by molar-refractivity contribution is 7.90. The van der Waals surface area contributed by atoms with Crippen LogP contribution in [-0.2, 0) is 14.8 Å². The fourth-order valence-electron chi connectivity index (χ4n) is 2.87. The zero-order chi connectivity index (χ0) is 19.6. The Balaban J connectivity index is 1.64. The first-order valence-corrected chi connectivity index (χ1v) is 10.3. The number of rotatable bonds is 5. The van der Waals surface area contributed by atoms with Gasteiger partial charge in [-0.3, -0.25) is 14.5 Å². The number of amides is 1. The van der Waals surface area contributed by atoms with Crippen molar-refractivity contribution >= 4 is 33.4 Å². The third kappa shape index (κ3) is 4.14. The number of fused-ring (bicyclic) bond motifs is 1. The Morgan fingerprint density at radius 2 is 1.85 bits per heavy atom. The van der Waals surface area contributed by atoms with Crippen molar-refractivity contribution < 1.29 is 13.2 Å². The van der Waals surface area contributed by atoms with Gasteiger partial charge in [-0.15, -0.1) is 0 Å². The first kappa shape index (κ1) is 19.4. The number of carbonyl (C=O) groups is 1. The van der Waals surface area contributed by atoms with E-state index in [2.05, 4.69) is 9.71 Å². The van der Waals surface area contributed by atoms with Gasteiger partial charge in [0.25, 0.3) is 10.0 Å². The van der Waals surface area contributed by atoms with Gasteiger partial charge in [0, 0.05) is 24.1 Å². The third-order valence-corrected chi connectivity index (χ3v) is 6.23. The summed E-state index contributed by atoms with van der Waals surface area (Å²) >= 11 is 5.90. The Bertz CT molecular complexity index is 988. The van der Waals surface area contributed by atoms with Crippen molar-refractivity contribution in [3.8, 4) is 0 Å². The maximum absolute atomic E-state index is 12.5. The average molecular weight is 406 g/mol. The Morgan fingerprint density at radius 3 is 2.56 bits per heavy atom. The molecule has 3 rings (SSSR count). The monoisotopic (exact) mass is 405 g/mol. The summed E-state index contributed by atoms with van der Waals surface area (Å²) in [4.78, 5) is 18.6. The van der Waals surface area contributed by atoms with Gasteiger partial charge in [0.1, 0.15) is 5.84 Å². The van der Waals surface area contributed by atoms with E-state index in [9.17, 15) is 13.2 Å². The van der Waals surface area contributed by atoms with Gasteiger partial charge in [-0.05, 0) is 36.8 Å². The topological polar surface area (TPSA) is 78.8 Å². The van der Waals surface area contributed by atoms with Crippen LogP contribution >= 0.6 is 11.6 Å². The molecule has 1 amide bonds. The molecule has 2 aromatic carbocycles. The Hall–Kier alpha value is -2.38. The summed E-state index contributed by atoms with van der Waals surface area (Å²) in [6, 6.07) is 13.9. The van der Waals surface area contributed by atoms with Crippen LogP contribution in [0.2, 0.25) is 5.02 Å². The third-order valence-electron chi connectivity index (χ3n) is 4.59. The lowest BCUT2D eigenvalue weighted by Gasteiger charge is -2.25. The summed E-state index contributed by atoms with van der Waals surface area (Å²) < 4.78 is 26.6. The first-order valence-electron chi connectivity index (χ1n) is 8.47. The van der Waals surface area contributed by atoms with Crippen molar-refractivity contribution in [2.75, 3.05) is 13.6 Å². The van der Waals surface area contributed by atoms with Crippen molar-refractivity contribution in [2.24, 2.45) is 4.99 Å². The molecule has 1 N–H and O–H groups in total. The Labute approximate surface area is 163 Å². The van der Waals surface area contributed by atoms with Crippen LogP contribution in [0.5, 0.6) is 0 Å². The Morgan fingerprint density at radius 1 is 1.19 bits per heavy atom. The molecule has 1 heterocycles. The van der Waals surface area contributed by atoms with Crippen molar-refractivity contribution in [2.45, 2.75) is 24.3 Å². The molecule has 1 unspecified atom stereocenters. The lowest BCUT2D eigenvalue weighted by atomic mass is 10.1. The zero-order valence-electron chi connectivity index (χ0n) is 15.0. The zero-order valence-corrected chi connectivity index (χ0v) is 16.6. The number of amidine groups is 1. The van der Waals surface area contributed by atoms with Crippen LogP contribution in [0.15, 0.2) is 58.4 Å². The molecule has 0 saturated carbocycles. The fourth-order valence-corrected chi connectivity index (χ4v) is 4.25. The maximum atomic E-state index is 12.5. The summed E-state index contributed by atoms with van der Waals surface area (Å²) in [6.07, 6.45) is 0.182. The summed E-state index contributed by atoms with van der Waals surface area (Å²) in [6.45, 7) is 2.14. The van der Waals surface area contributed by atoms with Crippen molar-refractivity contribution in [1.82, 2.24) is 9.62 Å². The number of carbonyl (C=O) groups excluding carboxylic acids is 1. The van der Waals surface area contributed by atoms with E-state index in [1.807, 2.05) is 19.1 Å². The van der Waals surface area contributed by atoms with Crippen LogP contribution in [0.3, 0.4) is 0 Å². The van der Waals surface area contributed by atoms with Gasteiger partial charge in [0.2, 0.25) is 5.91 Å². The van der Waals surface area contributed by atoms with E-state index in [-0.39, 0.29) is 35.6 Å². The van der Waals surface area contributed by atoms with E-state index in [0.717, 1.165) is 5.56 Å². The van der Waals surface area contributed by atoms with Gasteiger partial charge in [-0.1, -0.05) is 35.9 Å². The molecule has 0 saturated heterocycles. The largest absolute Gasteiger partial charge is 0.339 e. The van der Waals surface area contributed by atoms with Crippen molar-refractivity contribution in [3.63, 3.8) is 0 Å². The number of nitrogens with zero attached hydrogens (tertiary/aromatic N) is 2. The summed E-state index contributed by atoms with van der Waals surface area (Å²) in [7, 11) is -1.82. The maximum Gasteiger partial charge on any atom is 0.263 e. The molecule has 1 atom stereocenters. The van der Waals surface area contributed by atoms with Crippen LogP contribution < -0.4 is 4.72 Å². The minimum atomic E-state index is -3.56. The number of sulfonamides is 1. The van der Waals surface area contributed by atoms with Crippen LogP contribution in [0.1, 0.15) is 30.5 Å². The minimum absolute atomic E-state index is 0.0732. The molecular weight excluding hydrogens is 386 g/mol. The predicted octanol–water partition coefficient (Wildman–Crippen LogP) is 2.99. The van der Waals surface area contributed by atoms with E-state index < -0.39 is 10.0 Å². The van der Waals surface area contributed by atoms with E-state index in [4.69, 9.17) is 11.6 Å². The number of benzene rings is 2. The number of hydrogen-bond acceptors (Lipinski definition) is 4. The average Bonchev–Trinajstić information content (AvgIpc) is 2.92. The lowest BCUT2D eigenvalue weighted by Crippen LogP contribution is -2.30. The SMILES string of the molecule is CC(c1ccc(Cl)cc1)N(C)C(=O)CCN=C1NS(=O)(=O)c2ccccc21. The fraction of sp³-hybridized carbons (Fsp3) is 0.263. The lowest BCUT2D eigenvalue weighted by molar-refractivity contribution is -0.131. The van der Waals surface area contributed by atoms with Crippen molar-refractivity contribution in [1.29, 1.82) is 0 Å². The van der Waals surface area contributed by atoms with E-state index in [1.165, 1.54) is 6.07 Å². The first-order chi connectivity index (χ1) is 12.8. The molecule has 0 spiro atoms. The van der Waals surface area contributed by atoms with Crippen LogP contribution in [0.4, 0.5) is 0 Å². The van der Waals surface area contributed by atoms with E-state index in [1.54, 1.807) is 42.3 Å². The molecule has 6 nitrogen and oxygen atoms in total. The normalized spacial score (nSPS) is 17.2. The quantitative estimate of drug-likeness (QED) is 0.830. The number of aliphatic imine (C=N–C) groups is 1. The van der Waals surface area contributed by atoms with Crippen LogP contribution in [0, 0.1) is 0 Å². The standard InChI is InChI=1S/C19H20ClN3O3S/c1-13(14-7-9-15(20)10-8-14)23(2)18(24)11-12-21-19-16-5-3-4-6-17(16)27(25,26)22-19/h3-10,13H,11-12H2,1-2H3,(H,21,22). The minimum Gasteiger partial charge on any atom is -0.339 e. The molecule has 1 aliphatic heterocycles. The molecule has 0 fully saturated rings. The van der Waals surface area contributed by atoms with Gasteiger partial charge in [-0.25, -0.2) is 8.42 Å². The summed E-state index contributed by atoms with van der Waals surface area (Å²) in [5.74, 6) is 0.211. The van der Waals surface area contributed by atoms with Gasteiger partial charge in [-0.2, -0.15) is 0 Å². The highest BCUT2D eigenvalue weighted by Gasteiger charge is 2.30. The highest BCUT2D eigenvalue weighted by Crippen LogP contribution is 2.23. The summed E-state index contributed by atoms with van der Waals surface area (Å²) in [5, 5.41) is 0.648. The molecule has 1 aliphatic rings. The summed E-state index contributed by atoms with van der Waals surface area (Å²) in [5.41, 5.74) is 1.52. The van der Waals surface area contributed by atoms with E-state index >= 15 is 0 Å². The van der Waals surface area contributed by atoms with E-state index in [0.29, 0.717) is 10.6 Å². The smallest absolute Gasteiger partial charge is 0.263 e. The van der Waals surface area contributed by atoms with Gasteiger partial charge in [0.05, 0.1) is 17.5 Å². The molecule has 0 bridgehead atoms. The predicted molar refractivity (Wildman–Crippen MR) is 105 cm³/mol. The molecule has 0 aromatic heterocycles. The van der Waals surface area contributed by atoms with Crippen LogP contribution in [-0.4, -0.2) is 38.7 Å². The number of hydrogen-bond donors (Lipinski definition) is 1. The van der Waals surface area contributed by atoms with Crippen molar-refractivity contribution in [3.05, 3.63) is 64.7 Å².